The van der Waals surface area contributed by atoms with Crippen molar-refractivity contribution in [2.45, 2.75) is 38.3 Å². The third kappa shape index (κ3) is 4.42. The van der Waals surface area contributed by atoms with Gasteiger partial charge in [-0.3, -0.25) is 19.2 Å². The van der Waals surface area contributed by atoms with E-state index in [1.54, 1.807) is 10.6 Å². The molecular weight excluding hydrogens is 493 g/mol. The third-order valence-electron chi connectivity index (χ3n) is 7.39. The Bertz CT molecular complexity index is 1420. The van der Waals surface area contributed by atoms with Crippen molar-refractivity contribution in [2.75, 3.05) is 31.2 Å². The molecule has 3 aliphatic rings. The second-order valence-electron chi connectivity index (χ2n) is 9.98. The predicted molar refractivity (Wildman–Crippen MR) is 138 cm³/mol. The number of esters is 2. The summed E-state index contributed by atoms with van der Waals surface area (Å²) in [4.78, 5) is 53.9. The van der Waals surface area contributed by atoms with Gasteiger partial charge in [-0.2, -0.15) is 0 Å². The summed E-state index contributed by atoms with van der Waals surface area (Å²) in [7, 11) is 0. The molecule has 200 valence electrons. The topological polar surface area (TPSA) is 121 Å². The van der Waals surface area contributed by atoms with Crippen LogP contribution < -0.4 is 16.1 Å². The van der Waals surface area contributed by atoms with Crippen LogP contribution in [0.4, 0.5) is 10.1 Å². The van der Waals surface area contributed by atoms with Crippen LogP contribution in [-0.4, -0.2) is 54.1 Å². The summed E-state index contributed by atoms with van der Waals surface area (Å²) >= 11 is 0. The first-order valence-corrected chi connectivity index (χ1v) is 12.8. The standard InChI is InChI=1S/C28H30FN3O6/c1-3-37-26(35)23(27(36)38-4-2)25(34)19-14-32(17-8-9-17)21-12-22(20(29)11-18(21)24(19)33)31-13-16-7-5-6-10-28(16,30)15-31/h5-7,10-12,14,16-17,23H,3-4,8-9,13,15,30H2,1-2H3. The molecule has 1 saturated carbocycles. The molecule has 0 bridgehead atoms. The van der Waals surface area contributed by atoms with Gasteiger partial charge < -0.3 is 24.7 Å². The number of Topliss-reactive ketones (excluding diaryl/α,β-unsaturated/α-hetero) is 1. The number of allylic oxidation sites excluding steroid dienone is 2. The number of carbonyl (C=O) groups is 3. The summed E-state index contributed by atoms with van der Waals surface area (Å²) in [5.74, 6) is -5.75. The first-order chi connectivity index (χ1) is 18.2. The molecule has 2 unspecified atom stereocenters. The maximum Gasteiger partial charge on any atom is 0.328 e. The highest BCUT2D eigenvalue weighted by Gasteiger charge is 2.43. The van der Waals surface area contributed by atoms with Crippen molar-refractivity contribution in [1.82, 2.24) is 4.57 Å². The number of halogens is 1. The van der Waals surface area contributed by atoms with E-state index < -0.39 is 40.4 Å². The third-order valence-corrected chi connectivity index (χ3v) is 7.39. The SMILES string of the molecule is CCOC(=O)C(C(=O)OCC)C(=O)c1cn(C2CC2)c2cc(N3CC4C=CC=CC4(N)C3)c(F)cc2c1=O. The van der Waals surface area contributed by atoms with Gasteiger partial charge in [0.25, 0.3) is 0 Å². The molecule has 2 heterocycles. The Morgan fingerprint density at radius 3 is 2.42 bits per heavy atom. The number of nitrogens with zero attached hydrogens (tertiary/aromatic N) is 2. The van der Waals surface area contributed by atoms with Crippen molar-refractivity contribution in [3.05, 3.63) is 64.2 Å². The highest BCUT2D eigenvalue weighted by atomic mass is 19.1. The molecule has 38 heavy (non-hydrogen) atoms. The first kappa shape index (κ1) is 25.8. The van der Waals surface area contributed by atoms with Gasteiger partial charge in [0, 0.05) is 36.6 Å². The molecule has 0 amide bonds. The minimum atomic E-state index is -1.94. The summed E-state index contributed by atoms with van der Waals surface area (Å²) in [6.45, 7) is 3.88. The van der Waals surface area contributed by atoms with Gasteiger partial charge in [-0.05, 0) is 38.8 Å². The Morgan fingerprint density at radius 2 is 1.82 bits per heavy atom. The second kappa shape index (κ2) is 9.83. The van der Waals surface area contributed by atoms with Gasteiger partial charge in [0.1, 0.15) is 5.82 Å². The van der Waals surface area contributed by atoms with Crippen molar-refractivity contribution < 1.29 is 28.2 Å². The lowest BCUT2D eigenvalue weighted by Crippen LogP contribution is -2.46. The Hall–Kier alpha value is -3.79. The number of ketones is 1. The van der Waals surface area contributed by atoms with Crippen LogP contribution >= 0.6 is 0 Å². The highest BCUT2D eigenvalue weighted by molar-refractivity contribution is 6.21. The number of fused-ring (bicyclic) bond motifs is 2. The minimum absolute atomic E-state index is 0.000487. The van der Waals surface area contributed by atoms with Crippen LogP contribution in [0.1, 0.15) is 43.1 Å². The van der Waals surface area contributed by atoms with Crippen molar-refractivity contribution in [3.63, 3.8) is 0 Å². The van der Waals surface area contributed by atoms with Gasteiger partial charge in [0.2, 0.25) is 5.92 Å². The Balaban J connectivity index is 1.60. The second-order valence-corrected chi connectivity index (χ2v) is 9.98. The summed E-state index contributed by atoms with van der Waals surface area (Å²) in [6.07, 6.45) is 10.8. The Morgan fingerprint density at radius 1 is 1.13 bits per heavy atom. The van der Waals surface area contributed by atoms with Gasteiger partial charge in [0.05, 0.1) is 35.5 Å². The van der Waals surface area contributed by atoms with Crippen LogP contribution in [-0.2, 0) is 19.1 Å². The maximum absolute atomic E-state index is 15.6. The number of aromatic nitrogens is 1. The first-order valence-electron chi connectivity index (χ1n) is 12.8. The zero-order chi connectivity index (χ0) is 27.2. The van der Waals surface area contributed by atoms with Crippen molar-refractivity contribution in [1.29, 1.82) is 0 Å². The fourth-order valence-corrected chi connectivity index (χ4v) is 5.30. The van der Waals surface area contributed by atoms with Crippen LogP contribution in [0.3, 0.4) is 0 Å². The molecule has 2 aromatic rings. The number of anilines is 1. The largest absolute Gasteiger partial charge is 0.465 e. The van der Waals surface area contributed by atoms with Crippen LogP contribution in [0.2, 0.25) is 0 Å². The number of hydrogen-bond acceptors (Lipinski definition) is 8. The summed E-state index contributed by atoms with van der Waals surface area (Å²) in [5, 5.41) is -0.00525. The zero-order valence-electron chi connectivity index (χ0n) is 21.3. The number of pyridine rings is 1. The summed E-state index contributed by atoms with van der Waals surface area (Å²) in [6, 6.07) is 2.75. The van der Waals surface area contributed by atoms with Gasteiger partial charge >= 0.3 is 11.9 Å². The number of hydrogen-bond donors (Lipinski definition) is 1. The van der Waals surface area contributed by atoms with E-state index in [2.05, 4.69) is 0 Å². The van der Waals surface area contributed by atoms with Crippen LogP contribution in [0.5, 0.6) is 0 Å². The molecule has 1 aliphatic heterocycles. The molecule has 2 N–H and O–H groups in total. The van der Waals surface area contributed by atoms with E-state index in [0.29, 0.717) is 24.3 Å². The average Bonchev–Trinajstić information content (AvgIpc) is 3.65. The number of ether oxygens (including phenoxy) is 2. The summed E-state index contributed by atoms with van der Waals surface area (Å²) < 4.78 is 27.2. The molecule has 0 spiro atoms. The minimum Gasteiger partial charge on any atom is -0.465 e. The van der Waals surface area contributed by atoms with Crippen molar-refractivity contribution >= 4 is 34.3 Å². The molecular formula is C28H30FN3O6. The molecule has 2 fully saturated rings. The highest BCUT2D eigenvalue weighted by Crippen LogP contribution is 2.40. The molecule has 10 heteroatoms. The number of benzene rings is 1. The molecule has 5 rings (SSSR count). The van der Waals surface area contributed by atoms with Crippen molar-refractivity contribution in [3.8, 4) is 0 Å². The van der Waals surface area contributed by atoms with E-state index in [-0.39, 0.29) is 36.1 Å². The van der Waals surface area contributed by atoms with E-state index in [9.17, 15) is 19.2 Å². The lowest BCUT2D eigenvalue weighted by Gasteiger charge is -2.26. The van der Waals surface area contributed by atoms with E-state index >= 15 is 4.39 Å². The molecule has 1 aromatic heterocycles. The number of nitrogens with two attached hydrogens (primary N) is 1. The smallest absolute Gasteiger partial charge is 0.328 e. The molecule has 2 aliphatic carbocycles. The molecule has 1 aromatic carbocycles. The van der Waals surface area contributed by atoms with Crippen molar-refractivity contribution in [2.24, 2.45) is 17.6 Å². The average molecular weight is 524 g/mol. The number of rotatable bonds is 8. The van der Waals surface area contributed by atoms with E-state index in [1.807, 2.05) is 29.2 Å². The summed E-state index contributed by atoms with van der Waals surface area (Å²) in [5.41, 5.74) is 5.61. The van der Waals surface area contributed by atoms with Gasteiger partial charge in [-0.1, -0.05) is 24.3 Å². The Kier molecular flexibility index (Phi) is 6.68. The molecule has 0 radical (unpaired) electrons. The monoisotopic (exact) mass is 523 g/mol. The van der Waals surface area contributed by atoms with E-state index in [1.165, 1.54) is 20.0 Å². The van der Waals surface area contributed by atoms with Gasteiger partial charge in [0.15, 0.2) is 11.2 Å². The molecule has 9 nitrogen and oxygen atoms in total. The fraction of sp³-hybridized carbons (Fsp3) is 0.429. The van der Waals surface area contributed by atoms with Gasteiger partial charge in [-0.25, -0.2) is 4.39 Å². The van der Waals surface area contributed by atoms with E-state index in [0.717, 1.165) is 18.9 Å². The maximum atomic E-state index is 15.6. The lowest BCUT2D eigenvalue weighted by atomic mass is 9.85. The molecule has 2 atom stereocenters. The van der Waals surface area contributed by atoms with Crippen LogP contribution in [0.25, 0.3) is 10.9 Å². The predicted octanol–water partition coefficient (Wildman–Crippen LogP) is 2.66. The van der Waals surface area contributed by atoms with E-state index in [4.69, 9.17) is 15.2 Å². The van der Waals surface area contributed by atoms with Crippen LogP contribution in [0.15, 0.2) is 47.4 Å². The Labute approximate surface area is 218 Å². The van der Waals surface area contributed by atoms with Crippen LogP contribution in [0, 0.1) is 17.7 Å². The quantitative estimate of drug-likeness (QED) is 0.319. The van der Waals surface area contributed by atoms with Gasteiger partial charge in [-0.15, -0.1) is 0 Å². The zero-order valence-corrected chi connectivity index (χ0v) is 21.3. The lowest BCUT2D eigenvalue weighted by molar-refractivity contribution is -0.158. The fourth-order valence-electron chi connectivity index (χ4n) is 5.30. The molecule has 1 saturated heterocycles. The normalized spacial score (nSPS) is 22.1. The number of carbonyl (C=O) groups excluding carboxylic acids is 3.